The molecule has 90 valence electrons. The quantitative estimate of drug-likeness (QED) is 0.358. The first-order valence-corrected chi connectivity index (χ1v) is 4.94. The van der Waals surface area contributed by atoms with Crippen molar-refractivity contribution in [1.29, 1.82) is 0 Å². The number of hydrogen-bond donors (Lipinski definition) is 4. The Labute approximate surface area is 96.8 Å². The van der Waals surface area contributed by atoms with Gasteiger partial charge in [-0.05, 0) is 6.42 Å². The Hall–Kier alpha value is -1.41. The van der Waals surface area contributed by atoms with Gasteiger partial charge in [0.05, 0.1) is 0 Å². The van der Waals surface area contributed by atoms with Gasteiger partial charge in [-0.1, -0.05) is 0 Å². The molecular formula is C8H12N2O5S. The molecule has 0 spiro atoms. The Morgan fingerprint density at radius 1 is 1.31 bits per heavy atom. The minimum absolute atomic E-state index is 0.0862. The summed E-state index contributed by atoms with van der Waals surface area (Å²) in [5.74, 6) is -3.44. The van der Waals surface area contributed by atoms with Crippen LogP contribution >= 0.6 is 12.6 Å². The number of aliphatic carboxylic acids is 2. The molecule has 1 amide bonds. The van der Waals surface area contributed by atoms with E-state index in [1.165, 1.54) is 0 Å². The van der Waals surface area contributed by atoms with Crippen LogP contribution in [-0.4, -0.2) is 45.6 Å². The van der Waals surface area contributed by atoms with Crippen LogP contribution in [0.25, 0.3) is 0 Å². The zero-order chi connectivity index (χ0) is 12.7. The molecule has 0 aliphatic carbocycles. The first kappa shape index (κ1) is 14.6. The largest absolute Gasteiger partial charge is 0.480 e. The number of rotatable bonds is 6. The third-order valence-electron chi connectivity index (χ3n) is 1.64. The second-order valence-electron chi connectivity index (χ2n) is 2.90. The number of amides is 1. The van der Waals surface area contributed by atoms with Gasteiger partial charge in [-0.3, -0.25) is 9.59 Å². The summed E-state index contributed by atoms with van der Waals surface area (Å²) in [6.45, 7) is 0. The van der Waals surface area contributed by atoms with Crippen molar-refractivity contribution in [1.82, 2.24) is 0 Å². The zero-order valence-electron chi connectivity index (χ0n) is 8.29. The van der Waals surface area contributed by atoms with Crippen LogP contribution in [0.5, 0.6) is 0 Å². The van der Waals surface area contributed by atoms with Crippen molar-refractivity contribution in [2.24, 2.45) is 10.7 Å². The summed E-state index contributed by atoms with van der Waals surface area (Å²) >= 11 is 3.69. The van der Waals surface area contributed by atoms with Crippen LogP contribution in [0.1, 0.15) is 12.8 Å². The summed E-state index contributed by atoms with van der Waals surface area (Å²) in [7, 11) is 0. The van der Waals surface area contributed by atoms with E-state index < -0.39 is 23.9 Å². The molecular weight excluding hydrogens is 236 g/mol. The van der Waals surface area contributed by atoms with Crippen molar-refractivity contribution in [3.8, 4) is 0 Å². The highest BCUT2D eigenvalue weighted by atomic mass is 32.1. The van der Waals surface area contributed by atoms with E-state index in [-0.39, 0.29) is 24.3 Å². The Morgan fingerprint density at radius 3 is 2.25 bits per heavy atom. The lowest BCUT2D eigenvalue weighted by Gasteiger charge is -2.03. The van der Waals surface area contributed by atoms with Crippen LogP contribution in [0.3, 0.4) is 0 Å². The van der Waals surface area contributed by atoms with Gasteiger partial charge in [0.15, 0.2) is 0 Å². The molecule has 0 aliphatic heterocycles. The number of hydrogen-bond acceptors (Lipinski definition) is 5. The molecule has 0 aliphatic rings. The molecule has 4 N–H and O–H groups in total. The lowest BCUT2D eigenvalue weighted by atomic mass is 10.1. The molecule has 7 nitrogen and oxygen atoms in total. The number of aliphatic imine (C=N–C) groups is 1. The summed E-state index contributed by atoms with van der Waals surface area (Å²) in [6, 6.07) is -1.15. The second-order valence-corrected chi connectivity index (χ2v) is 3.22. The van der Waals surface area contributed by atoms with Crippen molar-refractivity contribution in [3.63, 3.8) is 0 Å². The highest BCUT2D eigenvalue weighted by Gasteiger charge is 2.14. The number of thiol groups is 1. The zero-order valence-corrected chi connectivity index (χ0v) is 9.18. The molecule has 16 heavy (non-hydrogen) atoms. The van der Waals surface area contributed by atoms with Crippen molar-refractivity contribution < 1.29 is 24.6 Å². The average molecular weight is 248 g/mol. The van der Waals surface area contributed by atoms with Crippen molar-refractivity contribution in [2.45, 2.75) is 18.9 Å². The lowest BCUT2D eigenvalue weighted by Crippen LogP contribution is -2.30. The summed E-state index contributed by atoms with van der Waals surface area (Å²) in [6.07, 6.45) is -0.296. The van der Waals surface area contributed by atoms with Gasteiger partial charge < -0.3 is 15.9 Å². The van der Waals surface area contributed by atoms with Crippen molar-refractivity contribution in [3.05, 3.63) is 0 Å². The predicted molar refractivity (Wildman–Crippen MR) is 58.8 cm³/mol. The average Bonchev–Trinajstić information content (AvgIpc) is 2.21. The topological polar surface area (TPSA) is 130 Å². The van der Waals surface area contributed by atoms with Crippen LogP contribution in [0.15, 0.2) is 4.99 Å². The number of carbonyl (C=O) groups excluding carboxylic acids is 1. The molecule has 0 aromatic carbocycles. The third kappa shape index (κ3) is 5.47. The summed E-state index contributed by atoms with van der Waals surface area (Å²) < 4.78 is 0. The highest BCUT2D eigenvalue weighted by Crippen LogP contribution is 1.98. The number of carboxylic acids is 2. The van der Waals surface area contributed by atoms with Gasteiger partial charge in [-0.15, -0.1) is 0 Å². The second kappa shape index (κ2) is 6.96. The molecule has 0 radical (unpaired) electrons. The van der Waals surface area contributed by atoms with Crippen molar-refractivity contribution in [2.75, 3.05) is 5.75 Å². The van der Waals surface area contributed by atoms with E-state index in [1.807, 2.05) is 0 Å². The van der Waals surface area contributed by atoms with E-state index in [1.54, 1.807) is 0 Å². The molecule has 1 atom stereocenters. The smallest absolute Gasteiger partial charge is 0.351 e. The van der Waals surface area contributed by atoms with Gasteiger partial charge in [0.25, 0.3) is 0 Å². The monoisotopic (exact) mass is 248 g/mol. The Morgan fingerprint density at radius 2 is 1.88 bits per heavy atom. The SMILES string of the molecule is N[C@@H](CCC(=O)N=C(CS)C(=O)O)C(=O)O. The maximum atomic E-state index is 11.1. The molecule has 0 fully saturated rings. The molecule has 0 saturated carbocycles. The number of carboxylic acid groups (broad SMARTS) is 2. The lowest BCUT2D eigenvalue weighted by molar-refractivity contribution is -0.138. The van der Waals surface area contributed by atoms with Gasteiger partial charge in [-0.2, -0.15) is 12.6 Å². The van der Waals surface area contributed by atoms with E-state index in [2.05, 4.69) is 17.6 Å². The van der Waals surface area contributed by atoms with Crippen LogP contribution < -0.4 is 5.73 Å². The Kier molecular flexibility index (Phi) is 6.35. The third-order valence-corrected chi connectivity index (χ3v) is 1.94. The van der Waals surface area contributed by atoms with Crippen LogP contribution in [0.4, 0.5) is 0 Å². The summed E-state index contributed by atoms with van der Waals surface area (Å²) in [5, 5.41) is 17.0. The van der Waals surface area contributed by atoms with Gasteiger partial charge in [0, 0.05) is 12.2 Å². The molecule has 0 aromatic heterocycles. The normalized spacial score (nSPS) is 13.2. The van der Waals surface area contributed by atoms with E-state index in [0.29, 0.717) is 0 Å². The van der Waals surface area contributed by atoms with Crippen LogP contribution in [0.2, 0.25) is 0 Å². The molecule has 0 saturated heterocycles. The number of nitrogens with zero attached hydrogens (tertiary/aromatic N) is 1. The summed E-state index contributed by atoms with van der Waals surface area (Å²) in [5.41, 5.74) is 4.78. The van der Waals surface area contributed by atoms with Gasteiger partial charge in [-0.25, -0.2) is 9.79 Å². The van der Waals surface area contributed by atoms with Gasteiger partial charge >= 0.3 is 11.9 Å². The van der Waals surface area contributed by atoms with Crippen LogP contribution in [-0.2, 0) is 14.4 Å². The standard InChI is InChI=1S/C8H12N2O5S/c9-4(7(12)13)1-2-6(11)10-5(3-16)8(14)15/h4,16H,1-3,9H2,(H,12,13)(H,14,15)/t4-/m0/s1. The van der Waals surface area contributed by atoms with E-state index in [9.17, 15) is 14.4 Å². The Bertz CT molecular complexity index is 328. The minimum atomic E-state index is -1.33. The molecule has 8 heteroatoms. The number of nitrogens with two attached hydrogens (primary N) is 1. The molecule has 0 aromatic rings. The Balaban J connectivity index is 4.27. The van der Waals surface area contributed by atoms with E-state index in [0.717, 1.165) is 0 Å². The van der Waals surface area contributed by atoms with Gasteiger partial charge in [0.1, 0.15) is 11.8 Å². The molecule has 0 rings (SSSR count). The first-order valence-electron chi connectivity index (χ1n) is 4.31. The van der Waals surface area contributed by atoms with E-state index in [4.69, 9.17) is 15.9 Å². The highest BCUT2D eigenvalue weighted by molar-refractivity contribution is 7.81. The number of carbonyl (C=O) groups is 3. The molecule has 0 unspecified atom stereocenters. The maximum Gasteiger partial charge on any atom is 0.351 e. The maximum absolute atomic E-state index is 11.1. The van der Waals surface area contributed by atoms with E-state index >= 15 is 0 Å². The van der Waals surface area contributed by atoms with Crippen LogP contribution in [0, 0.1) is 0 Å². The molecule has 0 bridgehead atoms. The fraction of sp³-hybridized carbons (Fsp3) is 0.500. The fourth-order valence-electron chi connectivity index (χ4n) is 0.760. The van der Waals surface area contributed by atoms with Crippen molar-refractivity contribution >= 4 is 36.2 Å². The molecule has 0 heterocycles. The predicted octanol–water partition coefficient (Wildman–Crippen LogP) is -0.839. The van der Waals surface area contributed by atoms with Gasteiger partial charge in [0.2, 0.25) is 5.91 Å². The first-order chi connectivity index (χ1) is 7.38. The summed E-state index contributed by atoms with van der Waals surface area (Å²) in [4.78, 5) is 35.2. The fourth-order valence-corrected chi connectivity index (χ4v) is 0.966. The minimum Gasteiger partial charge on any atom is -0.480 e.